The van der Waals surface area contributed by atoms with E-state index in [4.69, 9.17) is 4.52 Å². The van der Waals surface area contributed by atoms with E-state index in [0.717, 1.165) is 16.9 Å². The molecule has 130 valence electrons. The normalized spacial score (nSPS) is 13.9. The van der Waals surface area contributed by atoms with E-state index in [1.165, 1.54) is 6.07 Å². The zero-order valence-electron chi connectivity index (χ0n) is 14.0. The summed E-state index contributed by atoms with van der Waals surface area (Å²) >= 11 is 1.02. The van der Waals surface area contributed by atoms with E-state index >= 15 is 0 Å². The molecule has 1 aliphatic rings. The molecule has 1 atom stereocenters. The molecule has 0 bridgehead atoms. The van der Waals surface area contributed by atoms with E-state index in [1.807, 2.05) is 37.3 Å². The van der Waals surface area contributed by atoms with Gasteiger partial charge < -0.3 is 9.84 Å². The number of nitrogens with zero attached hydrogens (tertiary/aromatic N) is 1. The van der Waals surface area contributed by atoms with Crippen molar-refractivity contribution in [3.63, 3.8) is 0 Å². The van der Waals surface area contributed by atoms with Gasteiger partial charge >= 0.3 is 0 Å². The number of rotatable bonds is 3. The molecule has 1 N–H and O–H groups in total. The maximum absolute atomic E-state index is 12.6. The van der Waals surface area contributed by atoms with Crippen molar-refractivity contribution in [1.82, 2.24) is 10.5 Å². The third-order valence-electron chi connectivity index (χ3n) is 4.35. The number of nitrogens with one attached hydrogen (secondary N) is 1. The van der Waals surface area contributed by atoms with Gasteiger partial charge in [-0.05, 0) is 25.5 Å². The molecule has 1 aromatic carbocycles. The Hall–Kier alpha value is -3.06. The summed E-state index contributed by atoms with van der Waals surface area (Å²) in [7, 11) is 0. The van der Waals surface area contributed by atoms with Gasteiger partial charge in [-0.15, -0.1) is 11.3 Å². The zero-order valence-corrected chi connectivity index (χ0v) is 14.8. The van der Waals surface area contributed by atoms with E-state index in [2.05, 4.69) is 10.5 Å². The fourth-order valence-electron chi connectivity index (χ4n) is 2.96. The number of hydrogen-bond acceptors (Lipinski definition) is 6. The molecule has 0 aliphatic heterocycles. The number of fused-ring (bicyclic) bond motifs is 2. The third-order valence-corrected chi connectivity index (χ3v) is 5.48. The number of carbonyl (C=O) groups excluding carboxylic acids is 3. The molecule has 26 heavy (non-hydrogen) atoms. The van der Waals surface area contributed by atoms with Crippen LogP contribution in [0.3, 0.4) is 0 Å². The Morgan fingerprint density at radius 2 is 1.92 bits per heavy atom. The van der Waals surface area contributed by atoms with E-state index in [9.17, 15) is 14.4 Å². The van der Waals surface area contributed by atoms with Gasteiger partial charge in [-0.1, -0.05) is 35.5 Å². The number of carbonyl (C=O) groups is 3. The second kappa shape index (κ2) is 6.03. The number of ketones is 2. The first-order chi connectivity index (χ1) is 12.5. The van der Waals surface area contributed by atoms with Crippen LogP contribution in [0, 0.1) is 6.92 Å². The SMILES string of the molecule is Cc1noc2c1C(=O)c1sc(C(=O)NC(C)c3ccccc3)cc1C2=O. The second-order valence-electron chi connectivity index (χ2n) is 6.09. The fourth-order valence-corrected chi connectivity index (χ4v) is 3.97. The molecular weight excluding hydrogens is 352 g/mol. The first-order valence-corrected chi connectivity index (χ1v) is 8.84. The molecule has 0 fully saturated rings. The van der Waals surface area contributed by atoms with Crippen LogP contribution < -0.4 is 5.32 Å². The molecular formula is C19H14N2O4S. The Morgan fingerprint density at radius 1 is 1.19 bits per heavy atom. The average Bonchev–Trinajstić information content (AvgIpc) is 3.25. The van der Waals surface area contributed by atoms with Gasteiger partial charge in [-0.3, -0.25) is 14.4 Å². The van der Waals surface area contributed by atoms with Crippen LogP contribution in [-0.2, 0) is 0 Å². The Morgan fingerprint density at radius 3 is 2.65 bits per heavy atom. The molecule has 3 aromatic rings. The lowest BCUT2D eigenvalue weighted by Crippen LogP contribution is -2.25. The van der Waals surface area contributed by atoms with Gasteiger partial charge in [-0.2, -0.15) is 0 Å². The van der Waals surface area contributed by atoms with Crippen LogP contribution in [0.1, 0.15) is 65.2 Å². The van der Waals surface area contributed by atoms with Gasteiger partial charge in [0.1, 0.15) is 0 Å². The van der Waals surface area contributed by atoms with Gasteiger partial charge in [0.2, 0.25) is 17.3 Å². The smallest absolute Gasteiger partial charge is 0.261 e. The molecule has 0 radical (unpaired) electrons. The minimum Gasteiger partial charge on any atom is -0.352 e. The highest BCUT2D eigenvalue weighted by atomic mass is 32.1. The van der Waals surface area contributed by atoms with E-state index in [0.29, 0.717) is 10.6 Å². The molecule has 1 aliphatic carbocycles. The molecule has 0 saturated heterocycles. The second-order valence-corrected chi connectivity index (χ2v) is 7.14. The lowest BCUT2D eigenvalue weighted by Gasteiger charge is -2.13. The number of aryl methyl sites for hydroxylation is 1. The molecule has 6 nitrogen and oxygen atoms in total. The number of aromatic nitrogens is 1. The summed E-state index contributed by atoms with van der Waals surface area (Å²) in [6.45, 7) is 3.49. The van der Waals surface area contributed by atoms with Gasteiger partial charge in [0, 0.05) is 5.56 Å². The van der Waals surface area contributed by atoms with Crippen molar-refractivity contribution in [2.45, 2.75) is 19.9 Å². The van der Waals surface area contributed by atoms with Gasteiger partial charge in [-0.25, -0.2) is 0 Å². The number of hydrogen-bond donors (Lipinski definition) is 1. The van der Waals surface area contributed by atoms with Crippen LogP contribution >= 0.6 is 11.3 Å². The Bertz CT molecular complexity index is 1050. The topological polar surface area (TPSA) is 89.3 Å². The summed E-state index contributed by atoms with van der Waals surface area (Å²) in [6, 6.07) is 10.8. The number of thiophene rings is 1. The Balaban J connectivity index is 1.63. The molecule has 1 amide bonds. The van der Waals surface area contributed by atoms with Crippen LogP contribution in [-0.4, -0.2) is 22.6 Å². The van der Waals surface area contributed by atoms with Gasteiger partial charge in [0.25, 0.3) is 5.91 Å². The van der Waals surface area contributed by atoms with E-state index in [-0.39, 0.29) is 39.5 Å². The highest BCUT2D eigenvalue weighted by Gasteiger charge is 2.38. The van der Waals surface area contributed by atoms with Crippen molar-refractivity contribution in [1.29, 1.82) is 0 Å². The lowest BCUT2D eigenvalue weighted by atomic mass is 9.93. The summed E-state index contributed by atoms with van der Waals surface area (Å²) in [6.07, 6.45) is 0. The van der Waals surface area contributed by atoms with Crippen molar-refractivity contribution < 1.29 is 18.9 Å². The molecule has 1 unspecified atom stereocenters. The summed E-state index contributed by atoms with van der Waals surface area (Å²) in [5.41, 5.74) is 1.73. The first kappa shape index (κ1) is 16.4. The quantitative estimate of drug-likeness (QED) is 0.601. The maximum Gasteiger partial charge on any atom is 0.261 e. The molecule has 4 rings (SSSR count). The minimum absolute atomic E-state index is 0.0533. The predicted octanol–water partition coefficient (Wildman–Crippen LogP) is 3.31. The van der Waals surface area contributed by atoms with Gasteiger partial charge in [0.05, 0.1) is 27.1 Å². The zero-order chi connectivity index (χ0) is 18.4. The summed E-state index contributed by atoms with van der Waals surface area (Å²) in [5.74, 6) is -1.12. The van der Waals surface area contributed by atoms with E-state index in [1.54, 1.807) is 6.92 Å². The minimum atomic E-state index is -0.415. The molecule has 0 saturated carbocycles. The van der Waals surface area contributed by atoms with Crippen molar-refractivity contribution in [2.75, 3.05) is 0 Å². The number of amides is 1. The average molecular weight is 366 g/mol. The maximum atomic E-state index is 12.6. The summed E-state index contributed by atoms with van der Waals surface area (Å²) in [5, 5.41) is 6.59. The first-order valence-electron chi connectivity index (χ1n) is 8.02. The van der Waals surface area contributed by atoms with Crippen molar-refractivity contribution in [3.8, 4) is 0 Å². The molecule has 2 heterocycles. The van der Waals surface area contributed by atoms with Crippen molar-refractivity contribution in [2.24, 2.45) is 0 Å². The predicted molar refractivity (Wildman–Crippen MR) is 94.7 cm³/mol. The van der Waals surface area contributed by atoms with Crippen LogP contribution in [0.25, 0.3) is 0 Å². The standard InChI is InChI=1S/C19H14N2O4S/c1-9(11-6-4-3-5-7-11)20-19(24)13-8-12-15(22)17-14(10(2)21-25-17)16(23)18(12)26-13/h3-9H,1-2H3,(H,20,24). The van der Waals surface area contributed by atoms with Gasteiger partial charge in [0.15, 0.2) is 0 Å². The molecule has 0 spiro atoms. The monoisotopic (exact) mass is 366 g/mol. The van der Waals surface area contributed by atoms with Crippen molar-refractivity contribution in [3.05, 3.63) is 74.3 Å². The molecule has 7 heteroatoms. The summed E-state index contributed by atoms with van der Waals surface area (Å²) < 4.78 is 5.00. The number of benzene rings is 1. The Labute approximate surface area is 152 Å². The van der Waals surface area contributed by atoms with Crippen LogP contribution in [0.5, 0.6) is 0 Å². The van der Waals surface area contributed by atoms with Crippen molar-refractivity contribution >= 4 is 28.8 Å². The summed E-state index contributed by atoms with van der Waals surface area (Å²) in [4.78, 5) is 38.3. The molecule has 2 aromatic heterocycles. The van der Waals surface area contributed by atoms with Crippen LogP contribution in [0.2, 0.25) is 0 Å². The van der Waals surface area contributed by atoms with Crippen LogP contribution in [0.15, 0.2) is 40.9 Å². The Kier molecular flexibility index (Phi) is 3.81. The van der Waals surface area contributed by atoms with Crippen LogP contribution in [0.4, 0.5) is 0 Å². The third kappa shape index (κ3) is 2.48. The largest absolute Gasteiger partial charge is 0.352 e. The van der Waals surface area contributed by atoms with E-state index < -0.39 is 5.78 Å². The fraction of sp³-hybridized carbons (Fsp3) is 0.158. The highest BCUT2D eigenvalue weighted by Crippen LogP contribution is 2.34. The highest BCUT2D eigenvalue weighted by molar-refractivity contribution is 7.16. The lowest BCUT2D eigenvalue weighted by molar-refractivity contribution is 0.0943.